The maximum atomic E-state index is 6.71. The fourth-order valence-corrected chi connectivity index (χ4v) is 8.59. The van der Waals surface area contributed by atoms with E-state index in [1.54, 1.807) is 0 Å². The second-order valence-electron chi connectivity index (χ2n) is 14.9. The van der Waals surface area contributed by atoms with Crippen LogP contribution in [0.4, 0.5) is 0 Å². The summed E-state index contributed by atoms with van der Waals surface area (Å²) in [5.41, 5.74) is 9.83. The molecule has 0 aliphatic heterocycles. The Balaban J connectivity index is 1.16. The van der Waals surface area contributed by atoms with Gasteiger partial charge in [0.1, 0.15) is 11.2 Å². The minimum absolute atomic E-state index is 0.570. The Morgan fingerprint density at radius 1 is 0.328 bits per heavy atom. The molecule has 3 heterocycles. The molecular formula is C53H32N4O. The number of aromatic nitrogens is 4. The number of hydrogen-bond donors (Lipinski definition) is 0. The Hall–Kier alpha value is -7.89. The molecule has 0 spiro atoms. The topological polar surface area (TPSA) is 56.7 Å². The first kappa shape index (κ1) is 32.4. The van der Waals surface area contributed by atoms with E-state index < -0.39 is 0 Å². The van der Waals surface area contributed by atoms with E-state index in [1.165, 1.54) is 43.4 Å². The predicted molar refractivity (Wildman–Crippen MR) is 238 cm³/mol. The smallest absolute Gasteiger partial charge is 0.164 e. The molecule has 0 fully saturated rings. The lowest BCUT2D eigenvalue weighted by Gasteiger charge is -2.13. The zero-order valence-electron chi connectivity index (χ0n) is 31.2. The largest absolute Gasteiger partial charge is 0.456 e. The van der Waals surface area contributed by atoms with E-state index in [-0.39, 0.29) is 0 Å². The number of benzene rings is 9. The fourth-order valence-electron chi connectivity index (χ4n) is 8.59. The molecule has 0 saturated carbocycles. The lowest BCUT2D eigenvalue weighted by Crippen LogP contribution is -2.01. The Morgan fingerprint density at radius 2 is 0.879 bits per heavy atom. The first-order valence-electron chi connectivity index (χ1n) is 19.5. The molecule has 5 nitrogen and oxygen atoms in total. The maximum absolute atomic E-state index is 6.71. The van der Waals surface area contributed by atoms with Gasteiger partial charge in [-0.05, 0) is 81.2 Å². The minimum Gasteiger partial charge on any atom is -0.456 e. The van der Waals surface area contributed by atoms with E-state index in [2.05, 4.69) is 126 Å². The first-order chi connectivity index (χ1) is 28.7. The Bertz CT molecular complexity index is 3510. The quantitative estimate of drug-likeness (QED) is 0.176. The molecule has 0 N–H and O–H groups in total. The summed E-state index contributed by atoms with van der Waals surface area (Å²) in [5.74, 6) is 1.79. The summed E-state index contributed by atoms with van der Waals surface area (Å²) in [6.45, 7) is 0. The van der Waals surface area contributed by atoms with Crippen molar-refractivity contribution in [2.45, 2.75) is 0 Å². The Morgan fingerprint density at radius 3 is 1.60 bits per heavy atom. The van der Waals surface area contributed by atoms with Gasteiger partial charge in [-0.15, -0.1) is 0 Å². The zero-order valence-corrected chi connectivity index (χ0v) is 31.2. The van der Waals surface area contributed by atoms with Crippen LogP contribution in [0.1, 0.15) is 0 Å². The number of rotatable bonds is 5. The highest BCUT2D eigenvalue weighted by Gasteiger charge is 2.22. The average molecular weight is 741 g/mol. The zero-order chi connectivity index (χ0) is 38.2. The van der Waals surface area contributed by atoms with Gasteiger partial charge in [-0.25, -0.2) is 15.0 Å². The third-order valence-electron chi connectivity index (χ3n) is 11.4. The maximum Gasteiger partial charge on any atom is 0.164 e. The fraction of sp³-hybridized carbons (Fsp3) is 0. The standard InChI is InChI=1S/C53H32N4O/c1-3-14-34(15-4-1)51-54-52(35-16-5-2-6-17-35)56-53(55-51)41-31-47(50-42-21-11-12-22-48(42)58-49(50)32-41)57-45-26-25-40(39-24-23-33-13-7-8-18-36(33)27-39)29-43(45)44-28-37-19-9-10-20-38(37)30-46(44)57/h1-32H. The monoisotopic (exact) mass is 740 g/mol. The molecule has 12 aromatic rings. The van der Waals surface area contributed by atoms with Crippen LogP contribution in [-0.4, -0.2) is 19.5 Å². The van der Waals surface area contributed by atoms with E-state index in [0.717, 1.165) is 55.3 Å². The highest BCUT2D eigenvalue weighted by Crippen LogP contribution is 2.43. The van der Waals surface area contributed by atoms with Gasteiger partial charge in [0, 0.05) is 32.8 Å². The van der Waals surface area contributed by atoms with Gasteiger partial charge in [0.2, 0.25) is 0 Å². The van der Waals surface area contributed by atoms with Gasteiger partial charge in [-0.2, -0.15) is 0 Å². The van der Waals surface area contributed by atoms with Crippen LogP contribution < -0.4 is 0 Å². The summed E-state index contributed by atoms with van der Waals surface area (Å²) >= 11 is 0. The van der Waals surface area contributed by atoms with Crippen molar-refractivity contribution in [2.24, 2.45) is 0 Å². The number of hydrogen-bond acceptors (Lipinski definition) is 4. The van der Waals surface area contributed by atoms with Crippen molar-refractivity contribution in [1.82, 2.24) is 19.5 Å². The molecule has 9 aromatic carbocycles. The van der Waals surface area contributed by atoms with Crippen LogP contribution in [0, 0.1) is 0 Å². The molecule has 5 heteroatoms. The third kappa shape index (κ3) is 5.21. The van der Waals surface area contributed by atoms with Gasteiger partial charge < -0.3 is 8.98 Å². The van der Waals surface area contributed by atoms with Crippen molar-refractivity contribution >= 4 is 65.3 Å². The number of furan rings is 1. The molecule has 0 radical (unpaired) electrons. The summed E-state index contributed by atoms with van der Waals surface area (Å²) in [5, 5.41) is 9.27. The molecule has 0 atom stereocenters. The highest BCUT2D eigenvalue weighted by atomic mass is 16.3. The van der Waals surface area contributed by atoms with E-state index in [1.807, 2.05) is 72.8 Å². The van der Waals surface area contributed by atoms with E-state index in [9.17, 15) is 0 Å². The van der Waals surface area contributed by atoms with Gasteiger partial charge in [0.05, 0.1) is 22.1 Å². The van der Waals surface area contributed by atoms with Crippen molar-refractivity contribution in [3.05, 3.63) is 194 Å². The predicted octanol–water partition coefficient (Wildman–Crippen LogP) is 13.8. The Kier molecular flexibility index (Phi) is 7.16. The number of nitrogens with zero attached hydrogens (tertiary/aromatic N) is 4. The summed E-state index contributed by atoms with van der Waals surface area (Å²) in [4.78, 5) is 15.3. The molecule has 0 amide bonds. The van der Waals surface area contributed by atoms with E-state index >= 15 is 0 Å². The SMILES string of the molecule is c1ccc(-c2nc(-c3ccccc3)nc(-c3cc(-n4c5ccc(-c6ccc7ccccc7c6)cc5c5cc6ccccc6cc54)c4c(c3)oc3ccccc34)n2)cc1. The van der Waals surface area contributed by atoms with Gasteiger partial charge in [0.25, 0.3) is 0 Å². The average Bonchev–Trinajstić information content (AvgIpc) is 3.83. The van der Waals surface area contributed by atoms with Crippen molar-refractivity contribution in [3.63, 3.8) is 0 Å². The number of fused-ring (bicyclic) bond motifs is 8. The van der Waals surface area contributed by atoms with Gasteiger partial charge in [0.15, 0.2) is 17.5 Å². The van der Waals surface area contributed by atoms with Crippen molar-refractivity contribution < 1.29 is 4.42 Å². The molecule has 0 aliphatic rings. The molecule has 12 rings (SSSR count). The van der Waals surface area contributed by atoms with Crippen LogP contribution in [-0.2, 0) is 0 Å². The van der Waals surface area contributed by atoms with E-state index in [4.69, 9.17) is 19.4 Å². The van der Waals surface area contributed by atoms with Crippen LogP contribution >= 0.6 is 0 Å². The highest BCUT2D eigenvalue weighted by molar-refractivity contribution is 6.17. The summed E-state index contributed by atoms with van der Waals surface area (Å²) in [6, 6.07) is 68.2. The van der Waals surface area contributed by atoms with Crippen LogP contribution in [0.5, 0.6) is 0 Å². The van der Waals surface area contributed by atoms with Crippen molar-refractivity contribution in [2.75, 3.05) is 0 Å². The molecule has 0 aliphatic carbocycles. The molecule has 0 bridgehead atoms. The van der Waals surface area contributed by atoms with Crippen LogP contribution in [0.25, 0.3) is 116 Å². The molecular weight excluding hydrogens is 709 g/mol. The summed E-state index contributed by atoms with van der Waals surface area (Å²) < 4.78 is 9.11. The second-order valence-corrected chi connectivity index (χ2v) is 14.9. The molecule has 270 valence electrons. The van der Waals surface area contributed by atoms with Crippen molar-refractivity contribution in [3.8, 4) is 51.0 Å². The van der Waals surface area contributed by atoms with Gasteiger partial charge in [-0.3, -0.25) is 0 Å². The molecule has 0 saturated heterocycles. The lowest BCUT2D eigenvalue weighted by atomic mass is 9.99. The van der Waals surface area contributed by atoms with Crippen LogP contribution in [0.3, 0.4) is 0 Å². The normalized spacial score (nSPS) is 11.8. The minimum atomic E-state index is 0.570. The summed E-state index contributed by atoms with van der Waals surface area (Å²) in [7, 11) is 0. The lowest BCUT2D eigenvalue weighted by molar-refractivity contribution is 0.669. The van der Waals surface area contributed by atoms with Gasteiger partial charge in [-0.1, -0.05) is 146 Å². The van der Waals surface area contributed by atoms with Gasteiger partial charge >= 0.3 is 0 Å². The molecule has 58 heavy (non-hydrogen) atoms. The Labute approximate surface area is 333 Å². The second kappa shape index (κ2) is 12.8. The third-order valence-corrected chi connectivity index (χ3v) is 11.4. The first-order valence-corrected chi connectivity index (χ1v) is 19.5. The summed E-state index contributed by atoms with van der Waals surface area (Å²) in [6.07, 6.45) is 0. The molecule has 0 unspecified atom stereocenters. The van der Waals surface area contributed by atoms with Crippen molar-refractivity contribution in [1.29, 1.82) is 0 Å². The number of para-hydroxylation sites is 1. The van der Waals surface area contributed by atoms with Crippen LogP contribution in [0.15, 0.2) is 199 Å². The van der Waals surface area contributed by atoms with Crippen LogP contribution in [0.2, 0.25) is 0 Å². The molecule has 3 aromatic heterocycles. The van der Waals surface area contributed by atoms with E-state index in [0.29, 0.717) is 17.5 Å².